The van der Waals surface area contributed by atoms with Gasteiger partial charge in [0, 0.05) is 6.61 Å². The largest absolute Gasteiger partial charge is 0.378 e. The molecular formula is C6H11O. The highest BCUT2D eigenvalue weighted by Crippen LogP contribution is 2.09. The van der Waals surface area contributed by atoms with Crippen LogP contribution in [0.25, 0.3) is 0 Å². The fourth-order valence-electron chi connectivity index (χ4n) is 0.773. The molecule has 1 atom stereocenters. The SMILES string of the molecule is C[C@@H]1C[CH]CCO1. The number of rotatable bonds is 0. The second-order valence-corrected chi connectivity index (χ2v) is 1.99. The van der Waals surface area contributed by atoms with E-state index in [2.05, 4.69) is 13.3 Å². The van der Waals surface area contributed by atoms with Crippen LogP contribution in [0.1, 0.15) is 19.8 Å². The number of hydrogen-bond acceptors (Lipinski definition) is 1. The molecule has 1 fully saturated rings. The van der Waals surface area contributed by atoms with Gasteiger partial charge >= 0.3 is 0 Å². The Morgan fingerprint density at radius 2 is 2.57 bits per heavy atom. The van der Waals surface area contributed by atoms with Gasteiger partial charge in [0.05, 0.1) is 6.10 Å². The summed E-state index contributed by atoms with van der Waals surface area (Å²) in [6.45, 7) is 3.04. The van der Waals surface area contributed by atoms with Gasteiger partial charge in [-0.1, -0.05) is 0 Å². The summed E-state index contributed by atoms with van der Waals surface area (Å²) >= 11 is 0. The van der Waals surface area contributed by atoms with Gasteiger partial charge in [-0.2, -0.15) is 0 Å². The average molecular weight is 99.2 g/mol. The average Bonchev–Trinajstić information content (AvgIpc) is 1.69. The molecule has 7 heavy (non-hydrogen) atoms. The zero-order chi connectivity index (χ0) is 5.11. The van der Waals surface area contributed by atoms with E-state index in [0.29, 0.717) is 6.10 Å². The predicted octanol–water partition coefficient (Wildman–Crippen LogP) is 1.39. The molecule has 0 aromatic rings. The topological polar surface area (TPSA) is 9.23 Å². The molecule has 0 aromatic heterocycles. The van der Waals surface area contributed by atoms with Gasteiger partial charge in [0.15, 0.2) is 0 Å². The summed E-state index contributed by atoms with van der Waals surface area (Å²) in [7, 11) is 0. The summed E-state index contributed by atoms with van der Waals surface area (Å²) in [5.41, 5.74) is 0. The van der Waals surface area contributed by atoms with Crippen LogP contribution in [0.15, 0.2) is 0 Å². The fourth-order valence-corrected chi connectivity index (χ4v) is 0.773. The standard InChI is InChI=1S/C6H11O/c1-6-4-2-3-5-7-6/h2,6H,3-5H2,1H3/t6-/m1/s1. The van der Waals surface area contributed by atoms with Crippen molar-refractivity contribution in [3.8, 4) is 0 Å². The highest BCUT2D eigenvalue weighted by atomic mass is 16.5. The van der Waals surface area contributed by atoms with Gasteiger partial charge in [-0.05, 0) is 26.2 Å². The predicted molar refractivity (Wildman–Crippen MR) is 28.9 cm³/mol. The van der Waals surface area contributed by atoms with Crippen molar-refractivity contribution in [2.45, 2.75) is 25.9 Å². The van der Waals surface area contributed by atoms with Crippen molar-refractivity contribution in [1.82, 2.24) is 0 Å². The van der Waals surface area contributed by atoms with Crippen LogP contribution in [0.4, 0.5) is 0 Å². The summed E-state index contributed by atoms with van der Waals surface area (Å²) in [4.78, 5) is 0. The zero-order valence-electron chi connectivity index (χ0n) is 4.68. The van der Waals surface area contributed by atoms with E-state index in [1.54, 1.807) is 0 Å². The van der Waals surface area contributed by atoms with Crippen molar-refractivity contribution >= 4 is 0 Å². The monoisotopic (exact) mass is 99.1 g/mol. The van der Waals surface area contributed by atoms with Crippen LogP contribution < -0.4 is 0 Å². The fraction of sp³-hybridized carbons (Fsp3) is 0.833. The van der Waals surface area contributed by atoms with E-state index >= 15 is 0 Å². The van der Waals surface area contributed by atoms with Crippen LogP contribution in [0, 0.1) is 6.42 Å². The molecule has 0 amide bonds. The third-order valence-electron chi connectivity index (χ3n) is 1.22. The van der Waals surface area contributed by atoms with Gasteiger partial charge < -0.3 is 4.74 Å². The van der Waals surface area contributed by atoms with E-state index in [1.807, 2.05) is 0 Å². The Hall–Kier alpha value is -0.0400. The lowest BCUT2D eigenvalue weighted by Crippen LogP contribution is -2.14. The van der Waals surface area contributed by atoms with Crippen molar-refractivity contribution in [3.63, 3.8) is 0 Å². The molecule has 1 heterocycles. The lowest BCUT2D eigenvalue weighted by atomic mass is 10.1. The van der Waals surface area contributed by atoms with Crippen LogP contribution in [-0.2, 0) is 4.74 Å². The summed E-state index contributed by atoms with van der Waals surface area (Å²) in [6, 6.07) is 0. The summed E-state index contributed by atoms with van der Waals surface area (Å²) in [5.74, 6) is 0. The van der Waals surface area contributed by atoms with Crippen LogP contribution in [0.5, 0.6) is 0 Å². The maximum absolute atomic E-state index is 5.25. The molecule has 1 radical (unpaired) electrons. The Balaban J connectivity index is 2.12. The lowest BCUT2D eigenvalue weighted by molar-refractivity contribution is 0.0468. The van der Waals surface area contributed by atoms with Crippen LogP contribution in [-0.4, -0.2) is 12.7 Å². The molecule has 0 aromatic carbocycles. The van der Waals surface area contributed by atoms with Crippen LogP contribution in [0.3, 0.4) is 0 Å². The van der Waals surface area contributed by atoms with E-state index in [4.69, 9.17) is 4.74 Å². The first-order valence-electron chi connectivity index (χ1n) is 2.83. The second kappa shape index (κ2) is 2.31. The number of ether oxygens (including phenoxy) is 1. The van der Waals surface area contributed by atoms with Gasteiger partial charge in [0.2, 0.25) is 0 Å². The molecule has 41 valence electrons. The smallest absolute Gasteiger partial charge is 0.0549 e. The Morgan fingerprint density at radius 1 is 1.71 bits per heavy atom. The number of hydrogen-bond donors (Lipinski definition) is 0. The molecule has 0 spiro atoms. The third kappa shape index (κ3) is 1.48. The first-order valence-corrected chi connectivity index (χ1v) is 2.83. The highest BCUT2D eigenvalue weighted by Gasteiger charge is 2.06. The van der Waals surface area contributed by atoms with E-state index in [-0.39, 0.29) is 0 Å². The molecule has 0 bridgehead atoms. The third-order valence-corrected chi connectivity index (χ3v) is 1.22. The Kier molecular flexibility index (Phi) is 1.69. The van der Waals surface area contributed by atoms with Crippen molar-refractivity contribution in [2.75, 3.05) is 6.61 Å². The molecule has 1 aliphatic rings. The van der Waals surface area contributed by atoms with E-state index in [9.17, 15) is 0 Å². The van der Waals surface area contributed by atoms with Crippen molar-refractivity contribution in [3.05, 3.63) is 6.42 Å². The maximum atomic E-state index is 5.25. The molecule has 1 nitrogen and oxygen atoms in total. The molecule has 0 N–H and O–H groups in total. The van der Waals surface area contributed by atoms with Crippen molar-refractivity contribution in [2.24, 2.45) is 0 Å². The maximum Gasteiger partial charge on any atom is 0.0549 e. The molecule has 1 saturated heterocycles. The molecule has 0 unspecified atom stereocenters. The minimum atomic E-state index is 0.480. The normalized spacial score (nSPS) is 33.0. The minimum Gasteiger partial charge on any atom is -0.378 e. The van der Waals surface area contributed by atoms with Gasteiger partial charge in [-0.25, -0.2) is 0 Å². The zero-order valence-corrected chi connectivity index (χ0v) is 4.68. The van der Waals surface area contributed by atoms with E-state index < -0.39 is 0 Å². The van der Waals surface area contributed by atoms with E-state index in [0.717, 1.165) is 19.4 Å². The van der Waals surface area contributed by atoms with Gasteiger partial charge in [0.1, 0.15) is 0 Å². The van der Waals surface area contributed by atoms with E-state index in [1.165, 1.54) is 0 Å². The van der Waals surface area contributed by atoms with Gasteiger partial charge in [-0.3, -0.25) is 0 Å². The Bertz CT molecular complexity index is 46.1. The molecule has 1 rings (SSSR count). The molecule has 1 heteroatoms. The molecular weight excluding hydrogens is 88.1 g/mol. The first kappa shape index (κ1) is 5.10. The summed E-state index contributed by atoms with van der Waals surface area (Å²) < 4.78 is 5.25. The van der Waals surface area contributed by atoms with Crippen molar-refractivity contribution < 1.29 is 4.74 Å². The summed E-state index contributed by atoms with van der Waals surface area (Å²) in [6.07, 6.45) is 5.05. The van der Waals surface area contributed by atoms with Crippen LogP contribution >= 0.6 is 0 Å². The second-order valence-electron chi connectivity index (χ2n) is 1.99. The molecule has 0 aliphatic carbocycles. The van der Waals surface area contributed by atoms with Gasteiger partial charge in [0.25, 0.3) is 0 Å². The highest BCUT2D eigenvalue weighted by molar-refractivity contribution is 4.72. The Labute approximate surface area is 44.7 Å². The first-order chi connectivity index (χ1) is 3.39. The quantitative estimate of drug-likeness (QED) is 0.446. The Morgan fingerprint density at radius 3 is 2.86 bits per heavy atom. The lowest BCUT2D eigenvalue weighted by Gasteiger charge is -2.17. The summed E-state index contributed by atoms with van der Waals surface area (Å²) in [5, 5.41) is 0. The molecule has 1 aliphatic heterocycles. The van der Waals surface area contributed by atoms with Crippen molar-refractivity contribution in [1.29, 1.82) is 0 Å². The van der Waals surface area contributed by atoms with Crippen LogP contribution in [0.2, 0.25) is 0 Å². The molecule has 0 saturated carbocycles. The minimum absolute atomic E-state index is 0.480. The van der Waals surface area contributed by atoms with Gasteiger partial charge in [-0.15, -0.1) is 0 Å².